The fourth-order valence-electron chi connectivity index (χ4n) is 5.36. The number of hydrogen-bond donors (Lipinski definition) is 1. The Hall–Kier alpha value is -3.38. The molecule has 1 atom stereocenters. The van der Waals surface area contributed by atoms with Gasteiger partial charge < -0.3 is 5.32 Å². The third-order valence-electron chi connectivity index (χ3n) is 6.91. The molecule has 1 aliphatic carbocycles. The van der Waals surface area contributed by atoms with Crippen LogP contribution in [0.15, 0.2) is 83.2 Å². The van der Waals surface area contributed by atoms with Gasteiger partial charge in [-0.05, 0) is 40.7 Å². The van der Waals surface area contributed by atoms with Crippen LogP contribution in [0.4, 0.5) is 5.95 Å². The Labute approximate surface area is 209 Å². The SMILES string of the molecule is Cc1cccc(C2C3=C(CC(C)(C)CC3=O)Nc3nc(SCc4cccc5ccccc45)nn32)c1. The van der Waals surface area contributed by atoms with Crippen LogP contribution in [0.2, 0.25) is 0 Å². The first-order chi connectivity index (χ1) is 16.9. The molecule has 1 aromatic heterocycles. The molecule has 2 aliphatic rings. The van der Waals surface area contributed by atoms with Crippen molar-refractivity contribution in [3.8, 4) is 0 Å². The van der Waals surface area contributed by atoms with Gasteiger partial charge >= 0.3 is 0 Å². The number of fused-ring (bicyclic) bond motifs is 2. The van der Waals surface area contributed by atoms with Gasteiger partial charge in [0.2, 0.25) is 11.1 Å². The van der Waals surface area contributed by atoms with Crippen LogP contribution < -0.4 is 5.32 Å². The van der Waals surface area contributed by atoms with E-state index in [1.54, 1.807) is 11.8 Å². The van der Waals surface area contributed by atoms with Gasteiger partial charge in [0.05, 0.1) is 0 Å². The lowest BCUT2D eigenvalue weighted by molar-refractivity contribution is -0.118. The molecular weight excluding hydrogens is 452 g/mol. The molecule has 1 unspecified atom stereocenters. The number of nitrogens with one attached hydrogen (secondary N) is 1. The average Bonchev–Trinajstić information content (AvgIpc) is 3.23. The van der Waals surface area contributed by atoms with Gasteiger partial charge in [-0.15, -0.1) is 5.10 Å². The van der Waals surface area contributed by atoms with Crippen LogP contribution in [0.5, 0.6) is 0 Å². The zero-order valence-corrected chi connectivity index (χ0v) is 21.0. The molecule has 0 fully saturated rings. The molecule has 0 saturated carbocycles. The van der Waals surface area contributed by atoms with Crippen LogP contribution in [-0.2, 0) is 10.5 Å². The third-order valence-corrected chi connectivity index (χ3v) is 7.79. The number of benzene rings is 3. The second kappa shape index (κ2) is 8.38. The van der Waals surface area contributed by atoms with E-state index in [0.717, 1.165) is 29.0 Å². The molecule has 6 rings (SSSR count). The molecular formula is C29H28N4OS. The summed E-state index contributed by atoms with van der Waals surface area (Å²) in [7, 11) is 0. The highest BCUT2D eigenvalue weighted by Crippen LogP contribution is 2.45. The van der Waals surface area contributed by atoms with Gasteiger partial charge in [-0.1, -0.05) is 97.9 Å². The molecule has 0 amide bonds. The maximum absolute atomic E-state index is 13.4. The number of anilines is 1. The molecule has 0 spiro atoms. The Morgan fingerprint density at radius 3 is 2.71 bits per heavy atom. The molecule has 6 heteroatoms. The molecule has 35 heavy (non-hydrogen) atoms. The van der Waals surface area contributed by atoms with E-state index in [0.29, 0.717) is 17.5 Å². The maximum Gasteiger partial charge on any atom is 0.227 e. The first kappa shape index (κ1) is 22.1. The second-order valence-electron chi connectivity index (χ2n) is 10.4. The van der Waals surface area contributed by atoms with E-state index in [1.165, 1.54) is 21.9 Å². The van der Waals surface area contributed by atoms with Gasteiger partial charge in [0.1, 0.15) is 6.04 Å². The van der Waals surface area contributed by atoms with E-state index in [9.17, 15) is 4.79 Å². The molecule has 2 heterocycles. The first-order valence-electron chi connectivity index (χ1n) is 12.0. The summed E-state index contributed by atoms with van der Waals surface area (Å²) >= 11 is 1.63. The molecule has 1 aliphatic heterocycles. The van der Waals surface area contributed by atoms with Crippen molar-refractivity contribution in [3.05, 3.63) is 94.7 Å². The number of hydrogen-bond acceptors (Lipinski definition) is 5. The number of Topliss-reactive ketones (excluding diaryl/α,β-unsaturated/α-hetero) is 1. The normalized spacial score (nSPS) is 18.8. The van der Waals surface area contributed by atoms with Crippen molar-refractivity contribution >= 4 is 34.3 Å². The number of rotatable bonds is 4. The number of aromatic nitrogens is 3. The maximum atomic E-state index is 13.4. The number of aryl methyl sites for hydroxylation is 1. The number of carbonyl (C=O) groups excluding carboxylic acids is 1. The van der Waals surface area contributed by atoms with Gasteiger partial charge in [-0.25, -0.2) is 4.68 Å². The largest absolute Gasteiger partial charge is 0.328 e. The fraction of sp³-hybridized carbons (Fsp3) is 0.276. The van der Waals surface area contributed by atoms with Crippen LogP contribution in [0.1, 0.15) is 49.4 Å². The summed E-state index contributed by atoms with van der Waals surface area (Å²) in [6.07, 6.45) is 1.37. The first-order valence-corrected chi connectivity index (χ1v) is 13.0. The van der Waals surface area contributed by atoms with Crippen molar-refractivity contribution in [2.45, 2.75) is 50.6 Å². The minimum Gasteiger partial charge on any atom is -0.328 e. The smallest absolute Gasteiger partial charge is 0.227 e. The summed E-state index contributed by atoms with van der Waals surface area (Å²) in [5.74, 6) is 1.68. The van der Waals surface area contributed by atoms with Crippen LogP contribution in [0.3, 0.4) is 0 Å². The minimum absolute atomic E-state index is 0.0752. The van der Waals surface area contributed by atoms with Crippen LogP contribution in [0, 0.1) is 12.3 Å². The highest BCUT2D eigenvalue weighted by atomic mass is 32.2. The fourth-order valence-corrected chi connectivity index (χ4v) is 6.19. The van der Waals surface area contributed by atoms with Crippen molar-refractivity contribution in [1.82, 2.24) is 14.8 Å². The Kier molecular flexibility index (Phi) is 5.29. The van der Waals surface area contributed by atoms with E-state index in [1.807, 2.05) is 4.68 Å². The summed E-state index contributed by atoms with van der Waals surface area (Å²) in [6.45, 7) is 6.39. The Balaban J connectivity index is 1.38. The molecule has 5 nitrogen and oxygen atoms in total. The summed E-state index contributed by atoms with van der Waals surface area (Å²) in [5, 5.41) is 11.6. The summed E-state index contributed by atoms with van der Waals surface area (Å²) in [4.78, 5) is 18.3. The molecule has 176 valence electrons. The van der Waals surface area contributed by atoms with Gasteiger partial charge in [-0.3, -0.25) is 4.79 Å². The van der Waals surface area contributed by atoms with E-state index >= 15 is 0 Å². The number of carbonyl (C=O) groups is 1. The molecule has 3 aromatic carbocycles. The average molecular weight is 481 g/mol. The van der Waals surface area contributed by atoms with Crippen molar-refractivity contribution in [2.75, 3.05) is 5.32 Å². The van der Waals surface area contributed by atoms with Crippen LogP contribution in [0.25, 0.3) is 10.8 Å². The molecule has 4 aromatic rings. The monoisotopic (exact) mass is 480 g/mol. The lowest BCUT2D eigenvalue weighted by atomic mass is 9.73. The van der Waals surface area contributed by atoms with Crippen molar-refractivity contribution in [3.63, 3.8) is 0 Å². The van der Waals surface area contributed by atoms with Gasteiger partial charge in [0.15, 0.2) is 5.78 Å². The topological polar surface area (TPSA) is 59.8 Å². The molecule has 0 saturated heterocycles. The Morgan fingerprint density at radius 1 is 1.06 bits per heavy atom. The van der Waals surface area contributed by atoms with Crippen molar-refractivity contribution in [2.24, 2.45) is 5.41 Å². The van der Waals surface area contributed by atoms with E-state index < -0.39 is 0 Å². The number of allylic oxidation sites excluding steroid dienone is 2. The molecule has 0 radical (unpaired) electrons. The van der Waals surface area contributed by atoms with Gasteiger partial charge in [0.25, 0.3) is 0 Å². The second-order valence-corrected chi connectivity index (χ2v) is 11.3. The quantitative estimate of drug-likeness (QED) is 0.330. The number of nitrogens with zero attached hydrogens (tertiary/aromatic N) is 3. The summed E-state index contributed by atoms with van der Waals surface area (Å²) < 4.78 is 1.91. The Bertz CT molecular complexity index is 1490. The predicted molar refractivity (Wildman–Crippen MR) is 142 cm³/mol. The van der Waals surface area contributed by atoms with Crippen molar-refractivity contribution < 1.29 is 4.79 Å². The van der Waals surface area contributed by atoms with E-state index in [-0.39, 0.29) is 17.2 Å². The van der Waals surface area contributed by atoms with Gasteiger partial charge in [-0.2, -0.15) is 4.98 Å². The van der Waals surface area contributed by atoms with E-state index in [4.69, 9.17) is 10.1 Å². The summed E-state index contributed by atoms with van der Waals surface area (Å²) in [5.41, 5.74) is 5.25. The summed E-state index contributed by atoms with van der Waals surface area (Å²) in [6, 6.07) is 23.0. The van der Waals surface area contributed by atoms with Crippen LogP contribution in [-0.4, -0.2) is 20.5 Å². The lowest BCUT2D eigenvalue weighted by Crippen LogP contribution is -2.36. The molecule has 1 N–H and O–H groups in total. The number of thioether (sulfide) groups is 1. The van der Waals surface area contributed by atoms with E-state index in [2.05, 4.69) is 92.8 Å². The Morgan fingerprint density at radius 2 is 1.86 bits per heavy atom. The zero-order valence-electron chi connectivity index (χ0n) is 20.2. The standard InChI is InChI=1S/C29H28N4OS/c1-18-8-6-11-20(14-18)26-25-23(15-29(2,3)16-24(25)34)30-27-31-28(32-33(26)27)35-17-21-12-7-10-19-9-4-5-13-22(19)21/h4-14,26H,15-17H2,1-3H3,(H,30,31,32). The number of ketones is 1. The van der Waals surface area contributed by atoms with Crippen LogP contribution >= 0.6 is 11.8 Å². The molecule has 0 bridgehead atoms. The van der Waals surface area contributed by atoms with Crippen molar-refractivity contribution in [1.29, 1.82) is 0 Å². The highest BCUT2D eigenvalue weighted by Gasteiger charge is 2.41. The third kappa shape index (κ3) is 4.06. The lowest BCUT2D eigenvalue weighted by Gasteiger charge is -2.38. The zero-order chi connectivity index (χ0) is 24.2. The predicted octanol–water partition coefficient (Wildman–Crippen LogP) is 6.69. The minimum atomic E-state index is -0.260. The van der Waals surface area contributed by atoms with Gasteiger partial charge in [0, 0.05) is 23.4 Å². The highest BCUT2D eigenvalue weighted by molar-refractivity contribution is 7.98.